The summed E-state index contributed by atoms with van der Waals surface area (Å²) >= 11 is 2.76. The fourth-order valence-electron chi connectivity index (χ4n) is 4.19. The molecule has 13 heteroatoms. The molecule has 0 spiro atoms. The number of thioether (sulfide) groups is 1. The summed E-state index contributed by atoms with van der Waals surface area (Å²) in [5.41, 5.74) is 7.64. The largest absolute Gasteiger partial charge is 0.456 e. The highest BCUT2D eigenvalue weighted by molar-refractivity contribution is 8.01. The minimum Gasteiger partial charge on any atom is -0.456 e. The third kappa shape index (κ3) is 5.59. The monoisotopic (exact) mass is 565 g/mol. The molecule has 3 aromatic rings. The molecule has 39 heavy (non-hydrogen) atoms. The van der Waals surface area contributed by atoms with E-state index in [1.165, 1.54) is 52.3 Å². The first-order valence-electron chi connectivity index (χ1n) is 11.8. The van der Waals surface area contributed by atoms with Gasteiger partial charge in [0.1, 0.15) is 23.4 Å². The number of rotatable bonds is 9. The smallest absolute Gasteiger partial charge is 0.357 e. The van der Waals surface area contributed by atoms with E-state index in [9.17, 15) is 24.5 Å². The Balaban J connectivity index is 1.35. The van der Waals surface area contributed by atoms with Gasteiger partial charge in [-0.15, -0.1) is 23.1 Å². The number of benzene rings is 2. The van der Waals surface area contributed by atoms with Gasteiger partial charge in [0.15, 0.2) is 5.70 Å². The Kier molecular flexibility index (Phi) is 7.52. The Bertz CT molecular complexity index is 1430. The number of β-lactam (4-membered cyclic amide) rings is 1. The lowest BCUT2D eigenvalue weighted by Crippen LogP contribution is -2.71. The summed E-state index contributed by atoms with van der Waals surface area (Å²) in [7, 11) is 0. The van der Waals surface area contributed by atoms with Gasteiger partial charge in [-0.05, 0) is 41.3 Å². The highest BCUT2D eigenvalue weighted by Gasteiger charge is 2.56. The lowest BCUT2D eigenvalue weighted by atomic mass is 10.0. The van der Waals surface area contributed by atoms with Gasteiger partial charge in [0, 0.05) is 22.7 Å². The molecule has 0 saturated carbocycles. The van der Waals surface area contributed by atoms with Gasteiger partial charge in [-0.1, -0.05) is 24.3 Å². The van der Waals surface area contributed by atoms with Crippen LogP contribution in [0.3, 0.4) is 0 Å². The predicted molar refractivity (Wildman–Crippen MR) is 146 cm³/mol. The number of non-ortho nitro benzene ring substituents is 1. The van der Waals surface area contributed by atoms with E-state index >= 15 is 0 Å². The molecule has 2 aliphatic rings. The van der Waals surface area contributed by atoms with E-state index in [0.29, 0.717) is 5.56 Å². The Labute approximate surface area is 231 Å². The number of nitrogens with two attached hydrogens (primary N) is 1. The molecule has 0 radical (unpaired) electrons. The summed E-state index contributed by atoms with van der Waals surface area (Å²) in [6.07, 6.45) is 0.145. The van der Waals surface area contributed by atoms with Crippen molar-refractivity contribution in [1.82, 2.24) is 10.2 Å². The predicted octanol–water partition coefficient (Wildman–Crippen LogP) is 2.95. The maximum Gasteiger partial charge on any atom is 0.357 e. The number of esters is 1. The van der Waals surface area contributed by atoms with Crippen LogP contribution >= 0.6 is 23.1 Å². The van der Waals surface area contributed by atoms with Gasteiger partial charge < -0.3 is 21.1 Å². The van der Waals surface area contributed by atoms with E-state index in [1.807, 2.05) is 47.8 Å². The number of hydrogen-bond acceptors (Lipinski definition) is 10. The molecule has 3 atom stereocenters. The summed E-state index contributed by atoms with van der Waals surface area (Å²) in [5, 5.41) is 17.7. The average molecular weight is 566 g/mol. The minimum atomic E-state index is -0.840. The summed E-state index contributed by atoms with van der Waals surface area (Å²) < 4.78 is 5.46. The maximum atomic E-state index is 13.2. The number of amides is 2. The van der Waals surface area contributed by atoms with Gasteiger partial charge in [0.05, 0.1) is 17.0 Å². The van der Waals surface area contributed by atoms with E-state index in [-0.39, 0.29) is 36.0 Å². The number of nitro groups is 1. The zero-order valence-corrected chi connectivity index (χ0v) is 21.9. The third-order valence-corrected chi connectivity index (χ3v) is 8.41. The van der Waals surface area contributed by atoms with Gasteiger partial charge in [-0.2, -0.15) is 0 Å². The van der Waals surface area contributed by atoms with Crippen LogP contribution in [0.5, 0.6) is 0 Å². The van der Waals surface area contributed by atoms with Crippen molar-refractivity contribution >= 4 is 52.3 Å². The molecule has 2 aromatic carbocycles. The minimum absolute atomic E-state index is 0.0858. The number of nitrogens with zero attached hydrogens (tertiary/aromatic N) is 2. The molecule has 1 unspecified atom stereocenters. The number of para-hydroxylation sites is 1. The van der Waals surface area contributed by atoms with Crippen LogP contribution in [0.1, 0.15) is 10.4 Å². The number of nitro benzene ring substituents is 1. The van der Waals surface area contributed by atoms with Gasteiger partial charge in [0.25, 0.3) is 11.6 Å². The van der Waals surface area contributed by atoms with E-state index in [0.717, 1.165) is 10.6 Å². The van der Waals surface area contributed by atoms with Gasteiger partial charge in [0.2, 0.25) is 5.91 Å². The number of hydrogen-bond donors (Lipinski definition) is 3. The van der Waals surface area contributed by atoms with Crippen LogP contribution in [0.2, 0.25) is 0 Å². The van der Waals surface area contributed by atoms with Crippen LogP contribution in [0, 0.1) is 10.1 Å². The van der Waals surface area contributed by atoms with Gasteiger partial charge >= 0.3 is 5.97 Å². The Morgan fingerprint density at radius 1 is 1.08 bits per heavy atom. The standard InChI is InChI=1S/C26H23N5O6S2/c27-20-22(26(34)37-14-15-8-10-17(11-9-15)31(35)36)30-24(33)21(29-19(32)13-18-7-4-12-38-18)25(30)39-23(20)28-16-5-2-1-3-6-16/h1-12,21,23,25,28H,13-14,27H2,(H,29,32)/t21-,23?,25+/m1/s1. The van der Waals surface area contributed by atoms with Gasteiger partial charge in [-0.3, -0.25) is 24.6 Å². The number of carbonyl (C=O) groups excluding carboxylic acids is 3. The second-order valence-electron chi connectivity index (χ2n) is 8.73. The average Bonchev–Trinajstić information content (AvgIpc) is 3.45. The molecule has 4 N–H and O–H groups in total. The first-order valence-corrected chi connectivity index (χ1v) is 13.7. The first-order chi connectivity index (χ1) is 18.8. The van der Waals surface area contributed by atoms with Crippen LogP contribution in [-0.2, 0) is 32.1 Å². The molecular formula is C26H23N5O6S2. The van der Waals surface area contributed by atoms with Crippen LogP contribution in [0.15, 0.2) is 83.5 Å². The van der Waals surface area contributed by atoms with Crippen LogP contribution in [-0.4, -0.2) is 44.4 Å². The van der Waals surface area contributed by atoms with E-state index in [1.54, 1.807) is 0 Å². The Morgan fingerprint density at radius 2 is 1.82 bits per heavy atom. The zero-order chi connectivity index (χ0) is 27.5. The van der Waals surface area contributed by atoms with Crippen molar-refractivity contribution in [2.24, 2.45) is 5.73 Å². The lowest BCUT2D eigenvalue weighted by Gasteiger charge is -2.51. The molecule has 2 aliphatic heterocycles. The summed E-state index contributed by atoms with van der Waals surface area (Å²) in [5.74, 6) is -1.57. The number of thiophene rings is 1. The number of ether oxygens (including phenoxy) is 1. The molecule has 11 nitrogen and oxygen atoms in total. The molecule has 0 aliphatic carbocycles. The molecule has 1 fully saturated rings. The summed E-state index contributed by atoms with van der Waals surface area (Å²) in [6, 6.07) is 17.7. The molecule has 5 rings (SSSR count). The van der Waals surface area contributed by atoms with E-state index in [4.69, 9.17) is 10.5 Å². The Hall–Kier alpha value is -4.36. The quantitative estimate of drug-likeness (QED) is 0.154. The Morgan fingerprint density at radius 3 is 2.49 bits per heavy atom. The molecule has 3 heterocycles. The van der Waals surface area contributed by atoms with Crippen LogP contribution < -0.4 is 16.4 Å². The molecular weight excluding hydrogens is 542 g/mol. The van der Waals surface area contributed by atoms with Gasteiger partial charge in [-0.25, -0.2) is 4.79 Å². The van der Waals surface area contributed by atoms with Crippen molar-refractivity contribution in [3.63, 3.8) is 0 Å². The van der Waals surface area contributed by atoms with Crippen molar-refractivity contribution in [3.8, 4) is 0 Å². The van der Waals surface area contributed by atoms with Crippen molar-refractivity contribution < 1.29 is 24.0 Å². The van der Waals surface area contributed by atoms with Crippen molar-refractivity contribution in [2.45, 2.75) is 29.8 Å². The lowest BCUT2D eigenvalue weighted by molar-refractivity contribution is -0.384. The topological polar surface area (TPSA) is 157 Å². The van der Waals surface area contributed by atoms with Crippen molar-refractivity contribution in [2.75, 3.05) is 5.32 Å². The summed E-state index contributed by atoms with van der Waals surface area (Å²) in [4.78, 5) is 51.5. The highest BCUT2D eigenvalue weighted by atomic mass is 32.2. The fraction of sp³-hybridized carbons (Fsp3) is 0.192. The van der Waals surface area contributed by atoms with Crippen molar-refractivity contribution in [3.05, 3.63) is 104 Å². The molecule has 0 bridgehead atoms. The normalized spacial score (nSPS) is 20.1. The van der Waals surface area contributed by atoms with Crippen LogP contribution in [0.4, 0.5) is 11.4 Å². The molecule has 2 amide bonds. The number of carbonyl (C=O) groups is 3. The van der Waals surface area contributed by atoms with Crippen LogP contribution in [0.25, 0.3) is 0 Å². The van der Waals surface area contributed by atoms with Crippen molar-refractivity contribution in [1.29, 1.82) is 0 Å². The summed E-state index contributed by atoms with van der Waals surface area (Å²) in [6.45, 7) is -0.175. The fourth-order valence-corrected chi connectivity index (χ4v) is 6.31. The van der Waals surface area contributed by atoms with E-state index in [2.05, 4.69) is 10.6 Å². The molecule has 200 valence electrons. The maximum absolute atomic E-state index is 13.2. The second kappa shape index (κ2) is 11.2. The second-order valence-corrected chi connectivity index (χ2v) is 11.0. The highest BCUT2D eigenvalue weighted by Crippen LogP contribution is 2.43. The molecule has 1 saturated heterocycles. The third-order valence-electron chi connectivity index (χ3n) is 6.13. The van der Waals surface area contributed by atoms with E-state index < -0.39 is 33.6 Å². The number of nitrogens with one attached hydrogen (secondary N) is 2. The number of anilines is 1. The number of fused-ring (bicyclic) bond motifs is 1. The molecule has 1 aromatic heterocycles. The zero-order valence-electron chi connectivity index (χ0n) is 20.3. The first kappa shape index (κ1) is 26.3. The SMILES string of the molecule is NC1=C(C(=O)OCc2ccc([N+](=O)[O-])cc2)N2C(=O)[C@@H](NC(=O)Cc3cccs3)[C@@H]2SC1Nc1ccccc1.